The second-order valence-corrected chi connectivity index (χ2v) is 6.22. The Hall–Kier alpha value is -1.55. The minimum absolute atomic E-state index is 0.135. The Labute approximate surface area is 121 Å². The lowest BCUT2D eigenvalue weighted by Gasteiger charge is -2.20. The Morgan fingerprint density at radius 3 is 2.15 bits per heavy atom. The zero-order chi connectivity index (χ0) is 15.3. The van der Waals surface area contributed by atoms with E-state index < -0.39 is 17.8 Å². The van der Waals surface area contributed by atoms with Crippen molar-refractivity contribution in [2.45, 2.75) is 52.2 Å². The molecule has 0 saturated carbocycles. The summed E-state index contributed by atoms with van der Waals surface area (Å²) in [5, 5.41) is 12.6. The fraction of sp³-hybridized carbons (Fsp3) is 0.562. The first kappa shape index (κ1) is 16.5. The third kappa shape index (κ3) is 5.61. The molecule has 0 aliphatic carbocycles. The van der Waals surface area contributed by atoms with Crippen molar-refractivity contribution in [1.29, 1.82) is 0 Å². The molecule has 1 aromatic carbocycles. The van der Waals surface area contributed by atoms with E-state index in [1.54, 1.807) is 20.8 Å². The highest BCUT2D eigenvalue weighted by molar-refractivity contribution is 5.67. The van der Waals surface area contributed by atoms with Crippen LogP contribution in [0.4, 0.5) is 4.79 Å². The summed E-state index contributed by atoms with van der Waals surface area (Å²) < 4.78 is 5.11. The lowest BCUT2D eigenvalue weighted by atomic mass is 10.00. The topological polar surface area (TPSA) is 58.6 Å². The van der Waals surface area contributed by atoms with Gasteiger partial charge in [0.2, 0.25) is 0 Å². The largest absolute Gasteiger partial charge is 0.444 e. The monoisotopic (exact) mass is 279 g/mol. The minimum atomic E-state index is -0.733. The van der Waals surface area contributed by atoms with Gasteiger partial charge < -0.3 is 15.2 Å². The number of hydrogen-bond donors (Lipinski definition) is 2. The van der Waals surface area contributed by atoms with Gasteiger partial charge in [-0.15, -0.1) is 0 Å². The smallest absolute Gasteiger partial charge is 0.407 e. The quantitative estimate of drug-likeness (QED) is 0.888. The van der Waals surface area contributed by atoms with E-state index in [1.165, 1.54) is 5.56 Å². The summed E-state index contributed by atoms with van der Waals surface area (Å²) in [6.07, 6.45) is -1.25. The molecule has 1 amide bonds. The lowest BCUT2D eigenvalue weighted by molar-refractivity contribution is 0.0492. The first-order valence-corrected chi connectivity index (χ1v) is 6.94. The van der Waals surface area contributed by atoms with Crippen molar-refractivity contribution in [2.75, 3.05) is 6.54 Å². The van der Waals surface area contributed by atoms with Gasteiger partial charge in [-0.05, 0) is 37.8 Å². The second kappa shape index (κ2) is 6.75. The molecule has 2 N–H and O–H groups in total. The van der Waals surface area contributed by atoms with Crippen LogP contribution in [-0.4, -0.2) is 23.3 Å². The molecule has 1 unspecified atom stereocenters. The van der Waals surface area contributed by atoms with Gasteiger partial charge in [0.15, 0.2) is 0 Å². The van der Waals surface area contributed by atoms with Gasteiger partial charge in [-0.25, -0.2) is 4.79 Å². The summed E-state index contributed by atoms with van der Waals surface area (Å²) in [5.41, 5.74) is 1.47. The number of carbonyl (C=O) groups is 1. The van der Waals surface area contributed by atoms with Gasteiger partial charge in [-0.1, -0.05) is 38.1 Å². The van der Waals surface area contributed by atoms with Crippen molar-refractivity contribution in [1.82, 2.24) is 5.32 Å². The van der Waals surface area contributed by atoms with Gasteiger partial charge in [0.1, 0.15) is 5.60 Å². The Bertz CT molecular complexity index is 432. The van der Waals surface area contributed by atoms with E-state index >= 15 is 0 Å². The maximum absolute atomic E-state index is 11.5. The summed E-state index contributed by atoms with van der Waals surface area (Å²) in [4.78, 5) is 11.5. The number of nitrogens with one attached hydrogen (secondary N) is 1. The minimum Gasteiger partial charge on any atom is -0.444 e. The molecule has 0 aliphatic heterocycles. The van der Waals surface area contributed by atoms with Crippen molar-refractivity contribution in [3.05, 3.63) is 35.4 Å². The maximum atomic E-state index is 11.5. The zero-order valence-corrected chi connectivity index (χ0v) is 12.9. The predicted molar refractivity (Wildman–Crippen MR) is 79.7 cm³/mol. The molecule has 0 aromatic heterocycles. The van der Waals surface area contributed by atoms with Gasteiger partial charge in [0.25, 0.3) is 0 Å². The van der Waals surface area contributed by atoms with Crippen molar-refractivity contribution in [3.8, 4) is 0 Å². The molecular formula is C16H25NO3. The highest BCUT2D eigenvalue weighted by atomic mass is 16.6. The van der Waals surface area contributed by atoms with Crippen molar-refractivity contribution in [2.24, 2.45) is 0 Å². The number of alkyl carbamates (subject to hydrolysis) is 1. The second-order valence-electron chi connectivity index (χ2n) is 6.22. The molecule has 0 aliphatic rings. The van der Waals surface area contributed by atoms with Gasteiger partial charge in [-0.2, -0.15) is 0 Å². The molecule has 1 aromatic rings. The first-order valence-electron chi connectivity index (χ1n) is 6.94. The third-order valence-corrected chi connectivity index (χ3v) is 2.83. The molecule has 4 nitrogen and oxygen atoms in total. The predicted octanol–water partition coefficient (Wildman–Crippen LogP) is 3.37. The van der Waals surface area contributed by atoms with Crippen molar-refractivity contribution < 1.29 is 14.6 Å². The number of aliphatic hydroxyl groups is 1. The van der Waals surface area contributed by atoms with Crippen LogP contribution in [0.5, 0.6) is 0 Å². The van der Waals surface area contributed by atoms with Crippen molar-refractivity contribution in [3.63, 3.8) is 0 Å². The number of aliphatic hydroxyl groups excluding tert-OH is 1. The van der Waals surface area contributed by atoms with Gasteiger partial charge >= 0.3 is 6.09 Å². The maximum Gasteiger partial charge on any atom is 0.407 e. The molecule has 112 valence electrons. The Morgan fingerprint density at radius 1 is 1.20 bits per heavy atom. The number of hydrogen-bond acceptors (Lipinski definition) is 3. The van der Waals surface area contributed by atoms with Crippen LogP contribution >= 0.6 is 0 Å². The number of carbonyl (C=O) groups excluding carboxylic acids is 1. The van der Waals surface area contributed by atoms with E-state index in [4.69, 9.17) is 4.74 Å². The van der Waals surface area contributed by atoms with Crippen LogP contribution in [0.25, 0.3) is 0 Å². The van der Waals surface area contributed by atoms with Crippen molar-refractivity contribution >= 4 is 6.09 Å². The van der Waals surface area contributed by atoms with Gasteiger partial charge in [0, 0.05) is 0 Å². The average molecular weight is 279 g/mol. The summed E-state index contributed by atoms with van der Waals surface area (Å²) in [6.45, 7) is 9.77. The third-order valence-electron chi connectivity index (χ3n) is 2.83. The van der Waals surface area contributed by atoms with E-state index in [9.17, 15) is 9.90 Å². The molecule has 1 rings (SSSR count). The molecule has 0 heterocycles. The van der Waals surface area contributed by atoms with E-state index in [2.05, 4.69) is 19.2 Å². The lowest BCUT2D eigenvalue weighted by Crippen LogP contribution is -2.34. The van der Waals surface area contributed by atoms with Crippen LogP contribution < -0.4 is 5.32 Å². The summed E-state index contributed by atoms with van der Waals surface area (Å²) in [6, 6.07) is 7.76. The van der Waals surface area contributed by atoms with E-state index in [0.717, 1.165) is 5.56 Å². The fourth-order valence-electron chi connectivity index (χ4n) is 1.72. The molecular weight excluding hydrogens is 254 g/mol. The summed E-state index contributed by atoms with van der Waals surface area (Å²) >= 11 is 0. The number of amides is 1. The Morgan fingerprint density at radius 2 is 1.70 bits per heavy atom. The molecule has 0 bridgehead atoms. The van der Waals surface area contributed by atoms with E-state index in [1.807, 2.05) is 24.3 Å². The average Bonchev–Trinajstić information content (AvgIpc) is 2.34. The highest BCUT2D eigenvalue weighted by Crippen LogP contribution is 2.18. The van der Waals surface area contributed by atoms with E-state index in [-0.39, 0.29) is 6.54 Å². The normalized spacial score (nSPS) is 13.2. The first-order chi connectivity index (χ1) is 9.19. The number of rotatable bonds is 4. The summed E-state index contributed by atoms with van der Waals surface area (Å²) in [5.74, 6) is 0.459. The molecule has 0 radical (unpaired) electrons. The zero-order valence-electron chi connectivity index (χ0n) is 12.9. The highest BCUT2D eigenvalue weighted by Gasteiger charge is 2.17. The molecule has 0 spiro atoms. The SMILES string of the molecule is CC(C)c1ccc(C(O)CNC(=O)OC(C)(C)C)cc1. The van der Waals surface area contributed by atoms with E-state index in [0.29, 0.717) is 5.92 Å². The van der Waals surface area contributed by atoms with Crippen LogP contribution in [0, 0.1) is 0 Å². The Kier molecular flexibility index (Phi) is 5.57. The van der Waals surface area contributed by atoms with Crippen LogP contribution in [0.2, 0.25) is 0 Å². The molecule has 20 heavy (non-hydrogen) atoms. The van der Waals surface area contributed by atoms with Crippen LogP contribution in [0.3, 0.4) is 0 Å². The number of ether oxygens (including phenoxy) is 1. The molecule has 0 saturated heterocycles. The number of benzene rings is 1. The summed E-state index contributed by atoms with van der Waals surface area (Å²) in [7, 11) is 0. The standard InChI is InChI=1S/C16H25NO3/c1-11(2)12-6-8-13(9-7-12)14(18)10-17-15(19)20-16(3,4)5/h6-9,11,14,18H,10H2,1-5H3,(H,17,19). The van der Waals surface area contributed by atoms with Crippen LogP contribution in [0.1, 0.15) is 57.8 Å². The van der Waals surface area contributed by atoms with Gasteiger partial charge in [-0.3, -0.25) is 0 Å². The van der Waals surface area contributed by atoms with Crippen LogP contribution in [-0.2, 0) is 4.74 Å². The Balaban J connectivity index is 2.50. The molecule has 1 atom stereocenters. The molecule has 4 heteroatoms. The fourth-order valence-corrected chi connectivity index (χ4v) is 1.72. The van der Waals surface area contributed by atoms with Gasteiger partial charge in [0.05, 0.1) is 12.6 Å². The van der Waals surface area contributed by atoms with Crippen LogP contribution in [0.15, 0.2) is 24.3 Å². The molecule has 0 fully saturated rings.